The Balaban J connectivity index is 1.21. The molecule has 2 aliphatic rings. The molecule has 3 heterocycles. The van der Waals surface area contributed by atoms with E-state index in [1.165, 1.54) is 11.1 Å². The van der Waals surface area contributed by atoms with E-state index in [1.54, 1.807) is 9.80 Å². The molecule has 2 N–H and O–H groups in total. The fraction of sp³-hybridized carbons (Fsp3) is 0.400. The Kier molecular flexibility index (Phi) is 5.55. The lowest BCUT2D eigenvalue weighted by atomic mass is 10.1. The summed E-state index contributed by atoms with van der Waals surface area (Å²) < 4.78 is 5.47. The number of hydrogen-bond acceptors (Lipinski definition) is 5. The maximum Gasteiger partial charge on any atom is 0.410 e. The highest BCUT2D eigenvalue weighted by Crippen LogP contribution is 2.25. The number of carbonyl (C=O) groups is 2. The van der Waals surface area contributed by atoms with E-state index in [0.29, 0.717) is 39.3 Å². The fourth-order valence-electron chi connectivity index (χ4n) is 4.33. The van der Waals surface area contributed by atoms with E-state index < -0.39 is 5.60 Å². The highest BCUT2D eigenvalue weighted by atomic mass is 16.6. The van der Waals surface area contributed by atoms with Gasteiger partial charge in [-0.3, -0.25) is 0 Å². The van der Waals surface area contributed by atoms with Gasteiger partial charge in [0.2, 0.25) is 5.95 Å². The lowest BCUT2D eigenvalue weighted by molar-refractivity contribution is 0.0240. The SMILES string of the molecule is CC(C)(C)OC(=O)N1CCN(c2nc3ccc(NC(=O)N4Cc5ccccc5C4)cc3[nH]2)CC1. The van der Waals surface area contributed by atoms with Gasteiger partial charge in [0.25, 0.3) is 0 Å². The minimum atomic E-state index is -0.501. The number of hydrogen-bond donors (Lipinski definition) is 2. The number of fused-ring (bicyclic) bond motifs is 2. The van der Waals surface area contributed by atoms with Crippen molar-refractivity contribution in [1.82, 2.24) is 19.8 Å². The number of ether oxygens (including phenoxy) is 1. The second-order valence-corrected chi connectivity index (χ2v) is 9.80. The van der Waals surface area contributed by atoms with Crippen LogP contribution in [0.4, 0.5) is 21.2 Å². The van der Waals surface area contributed by atoms with Gasteiger partial charge >= 0.3 is 12.1 Å². The Morgan fingerprint density at radius 1 is 0.971 bits per heavy atom. The zero-order chi connectivity index (χ0) is 23.9. The zero-order valence-electron chi connectivity index (χ0n) is 19.8. The van der Waals surface area contributed by atoms with Crippen LogP contribution >= 0.6 is 0 Å². The highest BCUT2D eigenvalue weighted by Gasteiger charge is 2.27. The van der Waals surface area contributed by atoms with Crippen molar-refractivity contribution < 1.29 is 14.3 Å². The summed E-state index contributed by atoms with van der Waals surface area (Å²) in [6, 6.07) is 13.7. The van der Waals surface area contributed by atoms with Gasteiger partial charge in [-0.1, -0.05) is 24.3 Å². The molecule has 3 amide bonds. The number of aromatic nitrogens is 2. The van der Waals surface area contributed by atoms with Gasteiger partial charge in [0.1, 0.15) is 5.60 Å². The summed E-state index contributed by atoms with van der Waals surface area (Å²) >= 11 is 0. The van der Waals surface area contributed by atoms with Crippen LogP contribution in [0.15, 0.2) is 42.5 Å². The maximum atomic E-state index is 12.8. The predicted octanol–water partition coefficient (Wildman–Crippen LogP) is 4.17. The van der Waals surface area contributed by atoms with Crippen molar-refractivity contribution >= 4 is 34.8 Å². The summed E-state index contributed by atoms with van der Waals surface area (Å²) in [6.45, 7) is 9.33. The quantitative estimate of drug-likeness (QED) is 0.596. The topological polar surface area (TPSA) is 93.8 Å². The van der Waals surface area contributed by atoms with E-state index in [9.17, 15) is 9.59 Å². The van der Waals surface area contributed by atoms with Crippen LogP contribution in [0.3, 0.4) is 0 Å². The first kappa shape index (κ1) is 22.1. The van der Waals surface area contributed by atoms with E-state index in [0.717, 1.165) is 22.7 Å². The summed E-state index contributed by atoms with van der Waals surface area (Å²) in [4.78, 5) is 38.8. The molecule has 0 saturated carbocycles. The number of urea groups is 1. The minimum absolute atomic E-state index is 0.117. The maximum absolute atomic E-state index is 12.8. The van der Waals surface area contributed by atoms with Gasteiger partial charge in [-0.25, -0.2) is 14.6 Å². The lowest BCUT2D eigenvalue weighted by Gasteiger charge is -2.35. The van der Waals surface area contributed by atoms with Crippen LogP contribution < -0.4 is 10.2 Å². The van der Waals surface area contributed by atoms with Crippen LogP contribution in [-0.4, -0.2) is 63.7 Å². The number of anilines is 2. The first-order valence-corrected chi connectivity index (χ1v) is 11.6. The highest BCUT2D eigenvalue weighted by molar-refractivity contribution is 5.92. The molecule has 3 aromatic rings. The third-order valence-electron chi connectivity index (χ3n) is 6.08. The van der Waals surface area contributed by atoms with E-state index in [4.69, 9.17) is 9.72 Å². The number of piperazine rings is 1. The van der Waals surface area contributed by atoms with Crippen molar-refractivity contribution in [2.24, 2.45) is 0 Å². The van der Waals surface area contributed by atoms with Crippen LogP contribution in [0.25, 0.3) is 11.0 Å². The van der Waals surface area contributed by atoms with E-state index >= 15 is 0 Å². The van der Waals surface area contributed by atoms with Crippen molar-refractivity contribution in [3.05, 3.63) is 53.6 Å². The molecule has 0 radical (unpaired) electrons. The van der Waals surface area contributed by atoms with Crippen molar-refractivity contribution in [2.45, 2.75) is 39.5 Å². The molecule has 0 aliphatic carbocycles. The van der Waals surface area contributed by atoms with Gasteiger partial charge in [-0.15, -0.1) is 0 Å². The summed E-state index contributed by atoms with van der Waals surface area (Å²) in [7, 11) is 0. The van der Waals surface area contributed by atoms with Gasteiger partial charge in [0.15, 0.2) is 0 Å². The van der Waals surface area contributed by atoms with E-state index in [-0.39, 0.29) is 12.1 Å². The fourth-order valence-corrected chi connectivity index (χ4v) is 4.33. The average molecular weight is 463 g/mol. The molecule has 2 aliphatic heterocycles. The van der Waals surface area contributed by atoms with E-state index in [2.05, 4.69) is 27.3 Å². The molecule has 178 valence electrons. The summed E-state index contributed by atoms with van der Waals surface area (Å²) in [5.41, 5.74) is 4.29. The average Bonchev–Trinajstić information content (AvgIpc) is 3.42. The van der Waals surface area contributed by atoms with Crippen LogP contribution in [0.2, 0.25) is 0 Å². The van der Waals surface area contributed by atoms with Crippen molar-refractivity contribution in [3.8, 4) is 0 Å². The molecular formula is C25H30N6O3. The van der Waals surface area contributed by atoms with E-state index in [1.807, 2.05) is 51.1 Å². The van der Waals surface area contributed by atoms with Crippen LogP contribution in [0, 0.1) is 0 Å². The number of benzene rings is 2. The summed E-state index contributed by atoms with van der Waals surface area (Å²) in [6.07, 6.45) is -0.279. The summed E-state index contributed by atoms with van der Waals surface area (Å²) in [5, 5.41) is 3.00. The number of carbonyl (C=O) groups excluding carboxylic acids is 2. The number of nitrogens with one attached hydrogen (secondary N) is 2. The Morgan fingerprint density at radius 2 is 1.65 bits per heavy atom. The minimum Gasteiger partial charge on any atom is -0.444 e. The number of imidazole rings is 1. The molecule has 2 aromatic carbocycles. The smallest absolute Gasteiger partial charge is 0.410 e. The van der Waals surface area contributed by atoms with Crippen molar-refractivity contribution in [3.63, 3.8) is 0 Å². The number of amides is 3. The van der Waals surface area contributed by atoms with Gasteiger partial charge in [-0.2, -0.15) is 0 Å². The first-order valence-electron chi connectivity index (χ1n) is 11.6. The molecule has 1 fully saturated rings. The van der Waals surface area contributed by atoms with Gasteiger partial charge in [-0.05, 0) is 50.1 Å². The number of rotatable bonds is 2. The molecule has 1 saturated heterocycles. The first-order chi connectivity index (χ1) is 16.2. The Hall–Kier alpha value is -3.75. The lowest BCUT2D eigenvalue weighted by Crippen LogP contribution is -2.50. The summed E-state index contributed by atoms with van der Waals surface area (Å²) in [5.74, 6) is 0.761. The third-order valence-corrected chi connectivity index (χ3v) is 6.08. The second-order valence-electron chi connectivity index (χ2n) is 9.80. The van der Waals surface area contributed by atoms with Gasteiger partial charge in [0.05, 0.1) is 11.0 Å². The van der Waals surface area contributed by atoms with Crippen LogP contribution in [0.5, 0.6) is 0 Å². The van der Waals surface area contributed by atoms with Crippen LogP contribution in [-0.2, 0) is 17.8 Å². The Labute approximate surface area is 198 Å². The largest absolute Gasteiger partial charge is 0.444 e. The molecule has 0 bridgehead atoms. The molecular weight excluding hydrogens is 432 g/mol. The molecule has 9 nitrogen and oxygen atoms in total. The standard InChI is InChI=1S/C25H30N6O3/c1-25(2,3)34-24(33)30-12-10-29(11-13-30)22-27-20-9-8-19(14-21(20)28-22)26-23(32)31-15-17-6-4-5-7-18(17)16-31/h4-9,14H,10-13,15-16H2,1-3H3,(H,26,32)(H,27,28). The zero-order valence-corrected chi connectivity index (χ0v) is 19.8. The molecule has 9 heteroatoms. The monoisotopic (exact) mass is 462 g/mol. The molecule has 0 spiro atoms. The van der Waals surface area contributed by atoms with Crippen molar-refractivity contribution in [1.29, 1.82) is 0 Å². The number of H-pyrrole nitrogens is 1. The third kappa shape index (κ3) is 4.64. The Morgan fingerprint density at radius 3 is 2.29 bits per heavy atom. The van der Waals surface area contributed by atoms with Gasteiger partial charge < -0.3 is 29.7 Å². The molecule has 5 rings (SSSR count). The molecule has 0 unspecified atom stereocenters. The second kappa shape index (κ2) is 8.55. The number of aromatic amines is 1. The van der Waals surface area contributed by atoms with Gasteiger partial charge in [0, 0.05) is 45.0 Å². The Bertz CT molecular complexity index is 1200. The molecule has 34 heavy (non-hydrogen) atoms. The predicted molar refractivity (Wildman–Crippen MR) is 131 cm³/mol. The normalized spacial score (nSPS) is 16.0. The molecule has 1 aromatic heterocycles. The van der Waals surface area contributed by atoms with Crippen molar-refractivity contribution in [2.75, 3.05) is 36.4 Å². The molecule has 0 atom stereocenters. The van der Waals surface area contributed by atoms with Crippen LogP contribution in [0.1, 0.15) is 31.9 Å². The number of nitrogens with zero attached hydrogens (tertiary/aromatic N) is 4.